The monoisotopic (exact) mass is 359 g/mol. The van der Waals surface area contributed by atoms with Gasteiger partial charge in [-0.2, -0.15) is 0 Å². The molecule has 0 spiro atoms. The summed E-state index contributed by atoms with van der Waals surface area (Å²) < 4.78 is 3.84. The topological polar surface area (TPSA) is 64.7 Å². The number of rotatable bonds is 4. The van der Waals surface area contributed by atoms with Gasteiger partial charge in [0.1, 0.15) is 0 Å². The van der Waals surface area contributed by atoms with E-state index in [1.165, 1.54) is 5.56 Å². The molecule has 2 aromatic carbocycles. The third-order valence-corrected chi connectivity index (χ3v) is 4.76. The van der Waals surface area contributed by atoms with Crippen LogP contribution in [0, 0.1) is 13.8 Å². The second kappa shape index (κ2) is 6.72. The van der Waals surface area contributed by atoms with Crippen molar-refractivity contribution in [2.24, 2.45) is 0 Å². The van der Waals surface area contributed by atoms with Crippen molar-refractivity contribution in [3.05, 3.63) is 71.7 Å². The first-order valence-corrected chi connectivity index (χ1v) is 8.96. The van der Waals surface area contributed by atoms with Crippen LogP contribution in [0.3, 0.4) is 0 Å². The molecule has 0 saturated heterocycles. The number of aromatic nitrogens is 4. The van der Waals surface area contributed by atoms with Crippen molar-refractivity contribution in [3.63, 3.8) is 0 Å². The Labute approximate surface area is 157 Å². The summed E-state index contributed by atoms with van der Waals surface area (Å²) in [5, 5.41) is 12.3. The van der Waals surface area contributed by atoms with Gasteiger partial charge in [0.25, 0.3) is 5.91 Å². The minimum Gasteiger partial charge on any atom is -0.348 e. The van der Waals surface area contributed by atoms with Crippen LogP contribution in [0.2, 0.25) is 0 Å². The van der Waals surface area contributed by atoms with Gasteiger partial charge in [0.15, 0.2) is 5.69 Å². The number of anilines is 1. The molecule has 0 unspecified atom stereocenters. The van der Waals surface area contributed by atoms with Crippen molar-refractivity contribution in [1.29, 1.82) is 0 Å². The summed E-state index contributed by atoms with van der Waals surface area (Å²) in [4.78, 5) is 12.7. The predicted octanol–water partition coefficient (Wildman–Crippen LogP) is 4.11. The smallest absolute Gasteiger partial charge is 0.278 e. The van der Waals surface area contributed by atoms with Crippen molar-refractivity contribution >= 4 is 22.5 Å². The molecule has 0 atom stereocenters. The molecule has 2 heterocycles. The van der Waals surface area contributed by atoms with Crippen LogP contribution in [0.5, 0.6) is 0 Å². The van der Waals surface area contributed by atoms with E-state index in [9.17, 15) is 4.79 Å². The maximum Gasteiger partial charge on any atom is 0.278 e. The largest absolute Gasteiger partial charge is 0.348 e. The Morgan fingerprint density at radius 1 is 1.07 bits per heavy atom. The highest BCUT2D eigenvalue weighted by Gasteiger charge is 2.17. The van der Waals surface area contributed by atoms with Crippen LogP contribution in [0.25, 0.3) is 16.6 Å². The van der Waals surface area contributed by atoms with E-state index in [1.807, 2.05) is 68.6 Å². The summed E-state index contributed by atoms with van der Waals surface area (Å²) in [7, 11) is 0. The first kappa shape index (κ1) is 17.0. The highest BCUT2D eigenvalue weighted by atomic mass is 16.2. The Bertz CT molecular complexity index is 1120. The van der Waals surface area contributed by atoms with Gasteiger partial charge < -0.3 is 9.88 Å². The standard InChI is InChI=1S/C21H21N5O/c1-4-25-12-11-16-13-17(7-10-19(16)25)22-21(27)20-15(3)26(24-23-20)18-8-5-14(2)6-9-18/h5-13H,4H2,1-3H3,(H,22,27). The Balaban J connectivity index is 1.59. The minimum absolute atomic E-state index is 0.264. The van der Waals surface area contributed by atoms with E-state index in [1.54, 1.807) is 4.68 Å². The lowest BCUT2D eigenvalue weighted by atomic mass is 10.2. The molecule has 0 radical (unpaired) electrons. The first-order chi connectivity index (χ1) is 13.1. The highest BCUT2D eigenvalue weighted by Crippen LogP contribution is 2.21. The zero-order valence-electron chi connectivity index (χ0n) is 15.6. The molecule has 0 aliphatic heterocycles. The Morgan fingerprint density at radius 3 is 2.59 bits per heavy atom. The summed E-state index contributed by atoms with van der Waals surface area (Å²) in [6.45, 7) is 6.90. The molecule has 136 valence electrons. The number of nitrogens with one attached hydrogen (secondary N) is 1. The van der Waals surface area contributed by atoms with Gasteiger partial charge in [-0.05, 0) is 57.2 Å². The predicted molar refractivity (Wildman–Crippen MR) is 106 cm³/mol. The van der Waals surface area contributed by atoms with E-state index in [-0.39, 0.29) is 5.91 Å². The molecule has 0 aliphatic rings. The summed E-state index contributed by atoms with van der Waals surface area (Å²) in [5.41, 5.74) is 4.97. The third-order valence-electron chi connectivity index (χ3n) is 4.76. The van der Waals surface area contributed by atoms with Crippen LogP contribution >= 0.6 is 0 Å². The molecule has 1 N–H and O–H groups in total. The molecular weight excluding hydrogens is 338 g/mol. The first-order valence-electron chi connectivity index (χ1n) is 8.96. The Hall–Kier alpha value is -3.41. The SMILES string of the molecule is CCn1ccc2cc(NC(=O)c3nnn(-c4ccc(C)cc4)c3C)ccc21. The summed E-state index contributed by atoms with van der Waals surface area (Å²) in [5.74, 6) is -0.264. The molecule has 0 fully saturated rings. The lowest BCUT2D eigenvalue weighted by Gasteiger charge is -2.06. The molecule has 0 saturated carbocycles. The van der Waals surface area contributed by atoms with Gasteiger partial charge in [-0.15, -0.1) is 5.10 Å². The van der Waals surface area contributed by atoms with Crippen LogP contribution < -0.4 is 5.32 Å². The molecule has 6 nitrogen and oxygen atoms in total. The van der Waals surface area contributed by atoms with Crippen LogP contribution in [0.1, 0.15) is 28.7 Å². The number of amides is 1. The zero-order valence-corrected chi connectivity index (χ0v) is 15.6. The summed E-state index contributed by atoms with van der Waals surface area (Å²) >= 11 is 0. The average molecular weight is 359 g/mol. The van der Waals surface area contributed by atoms with Crippen LogP contribution in [0.15, 0.2) is 54.7 Å². The van der Waals surface area contributed by atoms with Gasteiger partial charge in [-0.25, -0.2) is 4.68 Å². The average Bonchev–Trinajstić information content (AvgIpc) is 3.25. The maximum absolute atomic E-state index is 12.7. The molecule has 1 amide bonds. The van der Waals surface area contributed by atoms with Crippen molar-refractivity contribution in [1.82, 2.24) is 19.6 Å². The number of hydrogen-bond acceptors (Lipinski definition) is 3. The summed E-state index contributed by atoms with van der Waals surface area (Å²) in [6, 6.07) is 15.9. The third kappa shape index (κ3) is 3.10. The van der Waals surface area contributed by atoms with Crippen LogP contribution in [-0.2, 0) is 6.54 Å². The van der Waals surface area contributed by atoms with E-state index in [2.05, 4.69) is 27.1 Å². The van der Waals surface area contributed by atoms with E-state index in [0.29, 0.717) is 11.4 Å². The fraction of sp³-hybridized carbons (Fsp3) is 0.190. The fourth-order valence-corrected chi connectivity index (χ4v) is 3.21. The van der Waals surface area contributed by atoms with E-state index in [4.69, 9.17) is 0 Å². The normalized spacial score (nSPS) is 11.1. The van der Waals surface area contributed by atoms with Gasteiger partial charge in [0.2, 0.25) is 0 Å². The van der Waals surface area contributed by atoms with Gasteiger partial charge in [-0.3, -0.25) is 4.79 Å². The van der Waals surface area contributed by atoms with Crippen molar-refractivity contribution < 1.29 is 4.79 Å². The molecule has 4 rings (SSSR count). The fourth-order valence-electron chi connectivity index (χ4n) is 3.21. The number of carbonyl (C=O) groups is 1. The Kier molecular flexibility index (Phi) is 4.24. The van der Waals surface area contributed by atoms with Crippen LogP contribution in [0.4, 0.5) is 5.69 Å². The highest BCUT2D eigenvalue weighted by molar-refractivity contribution is 6.04. The minimum atomic E-state index is -0.264. The van der Waals surface area contributed by atoms with Crippen molar-refractivity contribution in [3.8, 4) is 5.69 Å². The maximum atomic E-state index is 12.7. The molecule has 0 bridgehead atoms. The van der Waals surface area contributed by atoms with Gasteiger partial charge in [0, 0.05) is 29.3 Å². The van der Waals surface area contributed by atoms with Crippen molar-refractivity contribution in [2.75, 3.05) is 5.32 Å². The van der Waals surface area contributed by atoms with Gasteiger partial charge in [-0.1, -0.05) is 22.9 Å². The molecule has 0 aliphatic carbocycles. The Morgan fingerprint density at radius 2 is 1.85 bits per heavy atom. The second-order valence-electron chi connectivity index (χ2n) is 6.60. The molecule has 27 heavy (non-hydrogen) atoms. The number of fused-ring (bicyclic) bond motifs is 1. The molecule has 2 aromatic heterocycles. The zero-order chi connectivity index (χ0) is 19.0. The molecule has 6 heteroatoms. The van der Waals surface area contributed by atoms with E-state index < -0.39 is 0 Å². The van der Waals surface area contributed by atoms with Crippen molar-refractivity contribution in [2.45, 2.75) is 27.3 Å². The number of nitrogens with zero attached hydrogens (tertiary/aromatic N) is 4. The number of benzene rings is 2. The number of carbonyl (C=O) groups excluding carboxylic acids is 1. The molecular formula is C21H21N5O. The van der Waals surface area contributed by atoms with Gasteiger partial charge >= 0.3 is 0 Å². The lowest BCUT2D eigenvalue weighted by Crippen LogP contribution is -2.14. The van der Waals surface area contributed by atoms with E-state index in [0.717, 1.165) is 28.8 Å². The number of aryl methyl sites for hydroxylation is 2. The molecule has 4 aromatic rings. The number of hydrogen-bond donors (Lipinski definition) is 1. The van der Waals surface area contributed by atoms with Gasteiger partial charge in [0.05, 0.1) is 11.4 Å². The van der Waals surface area contributed by atoms with E-state index >= 15 is 0 Å². The summed E-state index contributed by atoms with van der Waals surface area (Å²) in [6.07, 6.45) is 2.05. The van der Waals surface area contributed by atoms with Crippen LogP contribution in [-0.4, -0.2) is 25.5 Å². The quantitative estimate of drug-likeness (QED) is 0.596. The lowest BCUT2D eigenvalue weighted by molar-refractivity contribution is 0.102. The second-order valence-corrected chi connectivity index (χ2v) is 6.60.